The maximum absolute atomic E-state index is 4.66. The van der Waals surface area contributed by atoms with E-state index in [1.54, 1.807) is 11.3 Å². The second-order valence-electron chi connectivity index (χ2n) is 4.45. The number of hydrogen-bond acceptors (Lipinski definition) is 3. The van der Waals surface area contributed by atoms with E-state index in [-0.39, 0.29) is 0 Å². The van der Waals surface area contributed by atoms with E-state index < -0.39 is 0 Å². The molecule has 90 valence electrons. The van der Waals surface area contributed by atoms with E-state index in [9.17, 15) is 0 Å². The number of nitrogens with zero attached hydrogens (tertiary/aromatic N) is 1. The van der Waals surface area contributed by atoms with E-state index in [0.29, 0.717) is 5.92 Å². The maximum atomic E-state index is 4.66. The second-order valence-corrected chi connectivity index (χ2v) is 5.39. The minimum atomic E-state index is 0.517. The van der Waals surface area contributed by atoms with Crippen LogP contribution in [0.4, 0.5) is 5.69 Å². The Morgan fingerprint density at radius 2 is 2.18 bits per heavy atom. The van der Waals surface area contributed by atoms with Crippen LogP contribution < -0.4 is 5.32 Å². The fourth-order valence-electron chi connectivity index (χ4n) is 1.68. The minimum Gasteiger partial charge on any atom is -0.388 e. The highest BCUT2D eigenvalue weighted by Gasteiger charge is 2.06. The Morgan fingerprint density at radius 1 is 1.35 bits per heavy atom. The number of rotatable bonds is 4. The molecule has 1 aromatic heterocycles. The van der Waals surface area contributed by atoms with Crippen molar-refractivity contribution in [2.45, 2.75) is 26.2 Å². The molecule has 2 rings (SSSR count). The molecule has 0 aliphatic rings. The van der Waals surface area contributed by atoms with Gasteiger partial charge in [-0.2, -0.15) is 0 Å². The predicted octanol–water partition coefficient (Wildman–Crippen LogP) is 3.90. The van der Waals surface area contributed by atoms with E-state index in [1.165, 1.54) is 16.3 Å². The van der Waals surface area contributed by atoms with E-state index in [2.05, 4.69) is 53.8 Å². The molecule has 0 aliphatic carbocycles. The first-order valence-corrected chi connectivity index (χ1v) is 6.78. The van der Waals surface area contributed by atoms with Crippen LogP contribution >= 0.6 is 11.3 Å². The molecule has 0 radical (unpaired) electrons. The van der Waals surface area contributed by atoms with Gasteiger partial charge >= 0.3 is 0 Å². The molecule has 3 heteroatoms. The van der Waals surface area contributed by atoms with Gasteiger partial charge in [0.1, 0.15) is 0 Å². The van der Waals surface area contributed by atoms with E-state index in [0.717, 1.165) is 12.1 Å². The number of hydrogen-bond donors (Lipinski definition) is 1. The third-order valence-electron chi connectivity index (χ3n) is 2.73. The lowest BCUT2D eigenvalue weighted by molar-refractivity contribution is 0.825. The lowest BCUT2D eigenvalue weighted by Gasteiger charge is -2.03. The maximum Gasteiger partial charge on any atom is 0.0972 e. The number of benzene rings is 1. The number of aromatic nitrogens is 1. The van der Waals surface area contributed by atoms with Crippen molar-refractivity contribution >= 4 is 17.0 Å². The van der Waals surface area contributed by atoms with Gasteiger partial charge in [0.15, 0.2) is 0 Å². The van der Waals surface area contributed by atoms with Crippen LogP contribution in [0.25, 0.3) is 0 Å². The summed E-state index contributed by atoms with van der Waals surface area (Å²) < 4.78 is 0. The van der Waals surface area contributed by atoms with Gasteiger partial charge in [-0.05, 0) is 23.6 Å². The topological polar surface area (TPSA) is 24.9 Å². The van der Waals surface area contributed by atoms with Gasteiger partial charge in [-0.15, -0.1) is 11.3 Å². The van der Waals surface area contributed by atoms with Crippen molar-refractivity contribution in [1.82, 2.24) is 4.98 Å². The molecular weight excluding hydrogens is 228 g/mol. The van der Waals surface area contributed by atoms with Crippen LogP contribution in [0.5, 0.6) is 0 Å². The molecule has 0 aliphatic heterocycles. The summed E-state index contributed by atoms with van der Waals surface area (Å²) in [5.74, 6) is 0.517. The Balaban J connectivity index is 2.13. The molecule has 0 unspecified atom stereocenters. The summed E-state index contributed by atoms with van der Waals surface area (Å²) in [6, 6.07) is 8.48. The van der Waals surface area contributed by atoms with E-state index in [4.69, 9.17) is 0 Å². The van der Waals surface area contributed by atoms with Gasteiger partial charge in [0, 0.05) is 24.5 Å². The van der Waals surface area contributed by atoms with Crippen LogP contribution in [0.2, 0.25) is 0 Å². The second kappa shape index (κ2) is 5.32. The van der Waals surface area contributed by atoms with E-state index in [1.807, 2.05) is 7.05 Å². The zero-order chi connectivity index (χ0) is 12.3. The van der Waals surface area contributed by atoms with Gasteiger partial charge in [-0.1, -0.05) is 26.0 Å². The summed E-state index contributed by atoms with van der Waals surface area (Å²) >= 11 is 1.75. The summed E-state index contributed by atoms with van der Waals surface area (Å²) in [5.41, 5.74) is 3.67. The summed E-state index contributed by atoms with van der Waals surface area (Å²) in [6.07, 6.45) is 0.924. The Kier molecular flexibility index (Phi) is 3.79. The van der Waals surface area contributed by atoms with Crippen molar-refractivity contribution in [3.8, 4) is 0 Å². The van der Waals surface area contributed by atoms with E-state index >= 15 is 0 Å². The van der Waals surface area contributed by atoms with Gasteiger partial charge in [0.2, 0.25) is 0 Å². The molecule has 0 amide bonds. The smallest absolute Gasteiger partial charge is 0.0972 e. The zero-order valence-electron chi connectivity index (χ0n) is 10.5. The highest BCUT2D eigenvalue weighted by molar-refractivity contribution is 7.09. The summed E-state index contributed by atoms with van der Waals surface area (Å²) in [7, 11) is 1.94. The van der Waals surface area contributed by atoms with Gasteiger partial charge < -0.3 is 5.32 Å². The third-order valence-corrected chi connectivity index (χ3v) is 3.60. The highest BCUT2D eigenvalue weighted by Crippen LogP contribution is 2.21. The molecule has 0 saturated carbocycles. The molecule has 2 aromatic rings. The van der Waals surface area contributed by atoms with Gasteiger partial charge in [0.25, 0.3) is 0 Å². The molecule has 0 fully saturated rings. The Bertz CT molecular complexity index is 488. The van der Waals surface area contributed by atoms with Crippen LogP contribution in [0.3, 0.4) is 0 Å². The van der Waals surface area contributed by atoms with Crippen LogP contribution in [-0.2, 0) is 6.42 Å². The van der Waals surface area contributed by atoms with Crippen LogP contribution in [0.15, 0.2) is 29.6 Å². The number of thiazole rings is 1. The summed E-state index contributed by atoms with van der Waals surface area (Å²) in [6.45, 7) is 4.36. The van der Waals surface area contributed by atoms with Crippen LogP contribution in [0, 0.1) is 0 Å². The fourth-order valence-corrected chi connectivity index (χ4v) is 2.67. The monoisotopic (exact) mass is 246 g/mol. The third kappa shape index (κ3) is 3.07. The summed E-state index contributed by atoms with van der Waals surface area (Å²) in [5, 5.41) is 6.52. The molecule has 1 aromatic carbocycles. The van der Waals surface area contributed by atoms with Gasteiger partial charge in [-0.3, -0.25) is 0 Å². The molecule has 0 bridgehead atoms. The Labute approximate surface area is 107 Å². The first-order valence-electron chi connectivity index (χ1n) is 5.90. The van der Waals surface area contributed by atoms with Gasteiger partial charge in [-0.25, -0.2) is 4.98 Å². The predicted molar refractivity (Wildman–Crippen MR) is 75.0 cm³/mol. The number of anilines is 1. The Morgan fingerprint density at radius 3 is 2.82 bits per heavy atom. The summed E-state index contributed by atoms with van der Waals surface area (Å²) in [4.78, 5) is 4.66. The minimum absolute atomic E-state index is 0.517. The van der Waals surface area contributed by atoms with Crippen molar-refractivity contribution in [2.75, 3.05) is 12.4 Å². The van der Waals surface area contributed by atoms with Crippen molar-refractivity contribution in [3.63, 3.8) is 0 Å². The molecule has 0 atom stereocenters. The number of nitrogens with one attached hydrogen (secondary N) is 1. The molecule has 17 heavy (non-hydrogen) atoms. The van der Waals surface area contributed by atoms with Crippen molar-refractivity contribution in [2.24, 2.45) is 0 Å². The molecule has 2 nitrogen and oxygen atoms in total. The normalized spacial score (nSPS) is 10.8. The Hall–Kier alpha value is -1.35. The molecule has 1 N–H and O–H groups in total. The highest BCUT2D eigenvalue weighted by atomic mass is 32.1. The first-order chi connectivity index (χ1) is 8.19. The fraction of sp³-hybridized carbons (Fsp3) is 0.357. The van der Waals surface area contributed by atoms with Crippen molar-refractivity contribution in [3.05, 3.63) is 45.9 Å². The lowest BCUT2D eigenvalue weighted by atomic mass is 10.1. The average Bonchev–Trinajstić information content (AvgIpc) is 2.78. The first kappa shape index (κ1) is 12.1. The molecule has 1 heterocycles. The molecule has 0 saturated heterocycles. The largest absolute Gasteiger partial charge is 0.388 e. The van der Waals surface area contributed by atoms with Crippen LogP contribution in [-0.4, -0.2) is 12.0 Å². The van der Waals surface area contributed by atoms with Crippen molar-refractivity contribution in [1.29, 1.82) is 0 Å². The molecular formula is C14H18N2S. The standard InChI is InChI=1S/C14H18N2S/c1-10(2)13-9-17-14(16-13)8-11-5-4-6-12(7-11)15-3/h4-7,9-10,15H,8H2,1-3H3. The SMILES string of the molecule is CNc1cccc(Cc2nc(C(C)C)cs2)c1. The van der Waals surface area contributed by atoms with Crippen molar-refractivity contribution < 1.29 is 0 Å². The van der Waals surface area contributed by atoms with Gasteiger partial charge in [0.05, 0.1) is 10.7 Å². The zero-order valence-corrected chi connectivity index (χ0v) is 11.3. The average molecular weight is 246 g/mol. The lowest BCUT2D eigenvalue weighted by Crippen LogP contribution is -1.93. The molecule has 0 spiro atoms. The van der Waals surface area contributed by atoms with Crippen LogP contribution in [0.1, 0.15) is 36.0 Å². The quantitative estimate of drug-likeness (QED) is 0.885.